The van der Waals surface area contributed by atoms with Crippen molar-refractivity contribution in [3.8, 4) is 5.75 Å². The summed E-state index contributed by atoms with van der Waals surface area (Å²) in [6.45, 7) is 3.06. The molecule has 0 aromatic heterocycles. The summed E-state index contributed by atoms with van der Waals surface area (Å²) < 4.78 is 14.9. The van der Waals surface area contributed by atoms with Gasteiger partial charge < -0.3 is 14.2 Å². The van der Waals surface area contributed by atoms with E-state index in [1.165, 1.54) is 13.8 Å². The van der Waals surface area contributed by atoms with Gasteiger partial charge in [-0.05, 0) is 19.1 Å². The minimum atomic E-state index is -0.890. The van der Waals surface area contributed by atoms with Crippen molar-refractivity contribution in [2.75, 3.05) is 13.2 Å². The van der Waals surface area contributed by atoms with Crippen LogP contribution in [0.15, 0.2) is 30.3 Å². The molecule has 0 saturated carbocycles. The number of carbonyl (C=O) groups is 2. The van der Waals surface area contributed by atoms with Crippen molar-refractivity contribution in [1.29, 1.82) is 0 Å². The lowest BCUT2D eigenvalue weighted by molar-refractivity contribution is -0.165. The average molecular weight is 252 g/mol. The van der Waals surface area contributed by atoms with Crippen LogP contribution in [0.3, 0.4) is 0 Å². The zero-order valence-corrected chi connectivity index (χ0v) is 10.4. The minimum absolute atomic E-state index is 0.110. The molecule has 0 spiro atoms. The van der Waals surface area contributed by atoms with Gasteiger partial charge in [-0.2, -0.15) is 0 Å². The first-order valence-corrected chi connectivity index (χ1v) is 5.61. The Balaban J connectivity index is 2.18. The third-order valence-electron chi connectivity index (χ3n) is 2.01. The Hall–Kier alpha value is -2.04. The van der Waals surface area contributed by atoms with Crippen LogP contribution in [0, 0.1) is 0 Å². The lowest BCUT2D eigenvalue weighted by atomic mass is 10.3. The van der Waals surface area contributed by atoms with Gasteiger partial charge in [0.15, 0.2) is 6.10 Å². The van der Waals surface area contributed by atoms with Gasteiger partial charge in [0.05, 0.1) is 0 Å². The zero-order valence-electron chi connectivity index (χ0n) is 10.4. The molecule has 0 aliphatic carbocycles. The molecule has 18 heavy (non-hydrogen) atoms. The highest BCUT2D eigenvalue weighted by Gasteiger charge is 2.16. The van der Waals surface area contributed by atoms with Crippen LogP contribution in [0.25, 0.3) is 0 Å². The topological polar surface area (TPSA) is 61.8 Å². The molecule has 0 unspecified atom stereocenters. The van der Waals surface area contributed by atoms with Gasteiger partial charge in [-0.15, -0.1) is 0 Å². The Morgan fingerprint density at radius 1 is 1.17 bits per heavy atom. The largest absolute Gasteiger partial charge is 0.490 e. The van der Waals surface area contributed by atoms with Gasteiger partial charge in [0.1, 0.15) is 19.0 Å². The van der Waals surface area contributed by atoms with Crippen LogP contribution in [-0.2, 0) is 19.1 Å². The number of ether oxygens (including phenoxy) is 3. The molecule has 0 radical (unpaired) electrons. The highest BCUT2D eigenvalue weighted by Crippen LogP contribution is 2.07. The van der Waals surface area contributed by atoms with E-state index in [1.807, 2.05) is 30.3 Å². The van der Waals surface area contributed by atoms with Crippen LogP contribution in [0.5, 0.6) is 5.75 Å². The van der Waals surface area contributed by atoms with Crippen molar-refractivity contribution in [1.82, 2.24) is 0 Å². The van der Waals surface area contributed by atoms with Crippen molar-refractivity contribution < 1.29 is 23.8 Å². The molecule has 0 amide bonds. The molecule has 0 aliphatic rings. The Morgan fingerprint density at radius 2 is 1.83 bits per heavy atom. The normalized spacial score (nSPS) is 11.4. The highest BCUT2D eigenvalue weighted by atomic mass is 16.6. The van der Waals surface area contributed by atoms with Gasteiger partial charge in [0.25, 0.3) is 0 Å². The number of benzene rings is 1. The van der Waals surface area contributed by atoms with E-state index in [4.69, 9.17) is 9.47 Å². The molecule has 98 valence electrons. The van der Waals surface area contributed by atoms with Crippen LogP contribution in [-0.4, -0.2) is 31.3 Å². The van der Waals surface area contributed by atoms with E-state index in [1.54, 1.807) is 0 Å². The van der Waals surface area contributed by atoms with Crippen LogP contribution in [0.2, 0.25) is 0 Å². The van der Waals surface area contributed by atoms with Gasteiger partial charge in [-0.1, -0.05) is 18.2 Å². The second kappa shape index (κ2) is 7.32. The smallest absolute Gasteiger partial charge is 0.347 e. The second-order valence-electron chi connectivity index (χ2n) is 3.58. The fourth-order valence-electron chi connectivity index (χ4n) is 1.23. The molecule has 1 aromatic carbocycles. The number of rotatable bonds is 6. The van der Waals surface area contributed by atoms with Crippen LogP contribution >= 0.6 is 0 Å². The van der Waals surface area contributed by atoms with Crippen molar-refractivity contribution >= 4 is 11.9 Å². The molecular weight excluding hydrogens is 236 g/mol. The molecule has 0 N–H and O–H groups in total. The number of hydrogen-bond donors (Lipinski definition) is 0. The molecule has 5 nitrogen and oxygen atoms in total. The van der Waals surface area contributed by atoms with E-state index >= 15 is 0 Å². The standard InChI is InChI=1S/C13H16O5/c1-10(18-11(2)14)13(15)17-9-8-16-12-6-4-3-5-7-12/h3-7,10H,8-9H2,1-2H3/t10-/m0/s1. The first-order valence-electron chi connectivity index (χ1n) is 5.61. The number of para-hydroxylation sites is 1. The SMILES string of the molecule is CC(=O)O[C@@H](C)C(=O)OCCOc1ccccc1. The summed E-state index contributed by atoms with van der Waals surface area (Å²) >= 11 is 0. The monoisotopic (exact) mass is 252 g/mol. The maximum Gasteiger partial charge on any atom is 0.347 e. The summed E-state index contributed by atoms with van der Waals surface area (Å²) in [5.41, 5.74) is 0. The predicted octanol–water partition coefficient (Wildman–Crippen LogP) is 1.56. The lowest BCUT2D eigenvalue weighted by Crippen LogP contribution is -2.26. The van der Waals surface area contributed by atoms with Gasteiger partial charge in [-0.25, -0.2) is 4.79 Å². The summed E-state index contributed by atoms with van der Waals surface area (Å²) in [5.74, 6) is -0.386. The quantitative estimate of drug-likeness (QED) is 0.568. The molecule has 1 aromatic rings. The second-order valence-corrected chi connectivity index (χ2v) is 3.58. The van der Waals surface area contributed by atoms with E-state index < -0.39 is 18.0 Å². The van der Waals surface area contributed by atoms with E-state index in [0.29, 0.717) is 5.75 Å². The van der Waals surface area contributed by atoms with E-state index in [-0.39, 0.29) is 13.2 Å². The fraction of sp³-hybridized carbons (Fsp3) is 0.385. The first kappa shape index (κ1) is 14.0. The number of esters is 2. The molecule has 1 rings (SSSR count). The zero-order chi connectivity index (χ0) is 13.4. The maximum absolute atomic E-state index is 11.3. The number of carbonyl (C=O) groups excluding carboxylic acids is 2. The van der Waals surface area contributed by atoms with Gasteiger partial charge in [-0.3, -0.25) is 4.79 Å². The van der Waals surface area contributed by atoms with E-state index in [9.17, 15) is 9.59 Å². The Labute approximate surface area is 106 Å². The minimum Gasteiger partial charge on any atom is -0.490 e. The Bertz CT molecular complexity index is 388. The molecular formula is C13H16O5. The summed E-state index contributed by atoms with van der Waals surface area (Å²) in [7, 11) is 0. The summed E-state index contributed by atoms with van der Waals surface area (Å²) in [6, 6.07) is 9.20. The van der Waals surface area contributed by atoms with Crippen LogP contribution in [0.1, 0.15) is 13.8 Å². The lowest BCUT2D eigenvalue weighted by Gasteiger charge is -2.11. The summed E-state index contributed by atoms with van der Waals surface area (Å²) in [5, 5.41) is 0. The van der Waals surface area contributed by atoms with Crippen molar-refractivity contribution in [3.05, 3.63) is 30.3 Å². The predicted molar refractivity (Wildman–Crippen MR) is 64.1 cm³/mol. The third kappa shape index (κ3) is 5.34. The Kier molecular flexibility index (Phi) is 5.70. The van der Waals surface area contributed by atoms with Crippen LogP contribution in [0.4, 0.5) is 0 Å². The summed E-state index contributed by atoms with van der Waals surface area (Å²) in [6.07, 6.45) is -0.890. The third-order valence-corrected chi connectivity index (χ3v) is 2.01. The van der Waals surface area contributed by atoms with E-state index in [0.717, 1.165) is 0 Å². The van der Waals surface area contributed by atoms with Crippen LogP contribution < -0.4 is 4.74 Å². The van der Waals surface area contributed by atoms with Gasteiger partial charge in [0.2, 0.25) is 0 Å². The molecule has 0 saturated heterocycles. The molecule has 0 aliphatic heterocycles. The van der Waals surface area contributed by atoms with Gasteiger partial charge in [0, 0.05) is 6.92 Å². The molecule has 5 heteroatoms. The highest BCUT2D eigenvalue weighted by molar-refractivity contribution is 5.78. The van der Waals surface area contributed by atoms with Gasteiger partial charge >= 0.3 is 11.9 Å². The van der Waals surface area contributed by atoms with Crippen molar-refractivity contribution in [2.24, 2.45) is 0 Å². The maximum atomic E-state index is 11.3. The van der Waals surface area contributed by atoms with Crippen molar-refractivity contribution in [2.45, 2.75) is 20.0 Å². The molecule has 1 atom stereocenters. The first-order chi connectivity index (χ1) is 8.59. The average Bonchev–Trinajstić information content (AvgIpc) is 2.34. The summed E-state index contributed by atoms with van der Waals surface area (Å²) in [4.78, 5) is 22.0. The van der Waals surface area contributed by atoms with E-state index in [2.05, 4.69) is 4.74 Å². The molecule has 0 fully saturated rings. The number of hydrogen-bond acceptors (Lipinski definition) is 5. The van der Waals surface area contributed by atoms with Crippen molar-refractivity contribution in [3.63, 3.8) is 0 Å². The Morgan fingerprint density at radius 3 is 2.44 bits per heavy atom. The molecule has 0 heterocycles. The fourth-order valence-corrected chi connectivity index (χ4v) is 1.23. The molecule has 0 bridgehead atoms.